The van der Waals surface area contributed by atoms with Gasteiger partial charge in [-0.25, -0.2) is 0 Å². The Balaban J connectivity index is 4.40. The van der Waals surface area contributed by atoms with Crippen LogP contribution in [0, 0.1) is 0 Å². The van der Waals surface area contributed by atoms with Gasteiger partial charge in [-0.3, -0.25) is 14.4 Å². The first-order valence-electron chi connectivity index (χ1n) is 28.5. The van der Waals surface area contributed by atoms with Crippen LogP contribution in [0.1, 0.15) is 290 Å². The summed E-state index contributed by atoms with van der Waals surface area (Å²) >= 11 is 0. The van der Waals surface area contributed by atoms with Gasteiger partial charge >= 0.3 is 0 Å². The monoisotopic (exact) mass is 951 g/mol. The highest BCUT2D eigenvalue weighted by molar-refractivity contribution is 8.76. The van der Waals surface area contributed by atoms with Crippen LogP contribution in [0.3, 0.4) is 0 Å². The number of unbranched alkanes of at least 4 members (excludes halogenated alkanes) is 37. The van der Waals surface area contributed by atoms with Crippen LogP contribution in [0.15, 0.2) is 12.2 Å². The third-order valence-corrected chi connectivity index (χ3v) is 15.3. The van der Waals surface area contributed by atoms with Crippen molar-refractivity contribution >= 4 is 39.3 Å². The van der Waals surface area contributed by atoms with Crippen molar-refractivity contribution < 1.29 is 14.4 Å². The summed E-state index contributed by atoms with van der Waals surface area (Å²) in [5.41, 5.74) is 6.25. The number of hydrogen-bond donors (Lipinski definition) is 4. The average molecular weight is 952 g/mol. The van der Waals surface area contributed by atoms with E-state index in [0.717, 1.165) is 51.4 Å². The molecule has 0 spiro atoms. The second kappa shape index (κ2) is 53.8. The van der Waals surface area contributed by atoms with E-state index in [1.807, 2.05) is 0 Å². The second-order valence-electron chi connectivity index (χ2n) is 19.4. The van der Waals surface area contributed by atoms with Gasteiger partial charge in [0.25, 0.3) is 0 Å². The van der Waals surface area contributed by atoms with Gasteiger partial charge < -0.3 is 21.7 Å². The van der Waals surface area contributed by atoms with Crippen LogP contribution in [0.5, 0.6) is 0 Å². The van der Waals surface area contributed by atoms with Crippen molar-refractivity contribution in [3.8, 4) is 0 Å². The molecule has 2 unspecified atom stereocenters. The molecule has 0 rings (SSSR count). The molecule has 0 saturated heterocycles. The highest BCUT2D eigenvalue weighted by Crippen LogP contribution is 2.23. The molecule has 0 heterocycles. The number of allylic oxidation sites excluding steroid dienone is 2. The summed E-state index contributed by atoms with van der Waals surface area (Å²) in [6.45, 7) is 8.13. The zero-order valence-corrected chi connectivity index (χ0v) is 45.1. The van der Waals surface area contributed by atoms with E-state index in [4.69, 9.17) is 5.73 Å². The largest absolute Gasteiger partial charge is 0.355 e. The molecule has 0 aromatic heterocycles. The molecule has 0 aromatic carbocycles. The first-order valence-corrected chi connectivity index (χ1v) is 30.9. The molecule has 0 aliphatic rings. The minimum absolute atomic E-state index is 0.0514. The predicted octanol–water partition coefficient (Wildman–Crippen LogP) is 16.4. The highest BCUT2D eigenvalue weighted by Gasteiger charge is 2.21. The Morgan fingerprint density at radius 2 is 0.708 bits per heavy atom. The first kappa shape index (κ1) is 63.8. The Morgan fingerprint density at radius 3 is 1.09 bits per heavy atom. The molecule has 9 heteroatoms. The third kappa shape index (κ3) is 49.1. The lowest BCUT2D eigenvalue weighted by Crippen LogP contribution is -2.48. The average Bonchev–Trinajstić information content (AvgIpc) is 3.30. The maximum atomic E-state index is 13.3. The molecule has 0 fully saturated rings. The van der Waals surface area contributed by atoms with Crippen molar-refractivity contribution in [3.05, 3.63) is 12.2 Å². The molecule has 384 valence electrons. The number of amides is 3. The van der Waals surface area contributed by atoms with E-state index in [-0.39, 0.29) is 17.7 Å². The summed E-state index contributed by atoms with van der Waals surface area (Å²) in [6.07, 6.45) is 57.7. The van der Waals surface area contributed by atoms with Crippen molar-refractivity contribution in [2.75, 3.05) is 24.6 Å². The van der Waals surface area contributed by atoms with E-state index in [1.54, 1.807) is 0 Å². The lowest BCUT2D eigenvalue weighted by Gasteiger charge is -2.19. The molecular weight excluding hydrogens is 841 g/mol. The maximum absolute atomic E-state index is 13.3. The van der Waals surface area contributed by atoms with Crippen LogP contribution in [-0.2, 0) is 14.4 Å². The Hall–Kier alpha value is -1.19. The van der Waals surface area contributed by atoms with Crippen LogP contribution < -0.4 is 21.7 Å². The number of nitrogens with two attached hydrogens (primary N) is 1. The second-order valence-corrected chi connectivity index (χ2v) is 22.0. The summed E-state index contributed by atoms with van der Waals surface area (Å²) in [5.74, 6) is 0.639. The molecule has 0 bridgehead atoms. The smallest absolute Gasteiger partial charge is 0.243 e. The van der Waals surface area contributed by atoms with Gasteiger partial charge in [-0.05, 0) is 44.9 Å². The molecule has 0 aliphatic carbocycles. The Labute approximate surface area is 412 Å². The minimum Gasteiger partial charge on any atom is -0.355 e. The number of carbonyl (C=O) groups excluding carboxylic acids is 3. The van der Waals surface area contributed by atoms with Crippen LogP contribution >= 0.6 is 21.6 Å². The van der Waals surface area contributed by atoms with E-state index < -0.39 is 12.1 Å². The summed E-state index contributed by atoms with van der Waals surface area (Å²) in [6, 6.07) is -1.19. The van der Waals surface area contributed by atoms with Crippen molar-refractivity contribution in [2.45, 2.75) is 303 Å². The van der Waals surface area contributed by atoms with Gasteiger partial charge in [0.1, 0.15) is 6.04 Å². The van der Waals surface area contributed by atoms with Crippen LogP contribution in [0.25, 0.3) is 0 Å². The van der Waals surface area contributed by atoms with Crippen LogP contribution in [-0.4, -0.2) is 54.4 Å². The molecule has 0 aliphatic heterocycles. The fraction of sp³-hybridized carbons (Fsp3) is 0.911. The number of hydrogen-bond acceptors (Lipinski definition) is 6. The Kier molecular flexibility index (Phi) is 52.8. The van der Waals surface area contributed by atoms with Gasteiger partial charge in [0.2, 0.25) is 17.7 Å². The molecule has 0 saturated carbocycles. The quantitative estimate of drug-likeness (QED) is 0.0274. The van der Waals surface area contributed by atoms with E-state index in [1.165, 1.54) is 233 Å². The summed E-state index contributed by atoms with van der Waals surface area (Å²) in [7, 11) is 3.03. The van der Waals surface area contributed by atoms with Gasteiger partial charge in [-0.2, -0.15) is 0 Å². The predicted molar refractivity (Wildman–Crippen MR) is 291 cm³/mol. The van der Waals surface area contributed by atoms with Crippen molar-refractivity contribution in [1.82, 2.24) is 16.0 Å². The maximum Gasteiger partial charge on any atom is 0.243 e. The highest BCUT2D eigenvalue weighted by atomic mass is 33.1. The molecular formula is C56H110N4O3S2. The SMILES string of the molecule is CCCCCCCC/C=C/CCCCCCCC(=O)NC(CSSCC(N)C(=O)NCCCCCCCCCCCCCCCC)C(=O)NCCCCCCCCCCCCCCCC. The molecule has 65 heavy (non-hydrogen) atoms. The normalized spacial score (nSPS) is 12.5. The zero-order valence-electron chi connectivity index (χ0n) is 43.5. The third-order valence-electron chi connectivity index (χ3n) is 12.9. The zero-order chi connectivity index (χ0) is 47.4. The fourth-order valence-corrected chi connectivity index (χ4v) is 10.7. The van der Waals surface area contributed by atoms with Crippen molar-refractivity contribution in [1.29, 1.82) is 0 Å². The van der Waals surface area contributed by atoms with Gasteiger partial charge in [0, 0.05) is 31.0 Å². The molecule has 7 nitrogen and oxygen atoms in total. The first-order chi connectivity index (χ1) is 32.0. The van der Waals surface area contributed by atoms with Crippen LogP contribution in [0.4, 0.5) is 0 Å². The summed E-state index contributed by atoms with van der Waals surface area (Å²) in [5, 5.41) is 9.18. The van der Waals surface area contributed by atoms with Crippen molar-refractivity contribution in [3.63, 3.8) is 0 Å². The minimum atomic E-state index is -0.597. The molecule has 2 atom stereocenters. The topological polar surface area (TPSA) is 113 Å². The number of rotatable bonds is 53. The lowest BCUT2D eigenvalue weighted by atomic mass is 10.0. The summed E-state index contributed by atoms with van der Waals surface area (Å²) in [4.78, 5) is 39.0. The molecule has 3 amide bonds. The van der Waals surface area contributed by atoms with E-state index >= 15 is 0 Å². The van der Waals surface area contributed by atoms with E-state index in [9.17, 15) is 14.4 Å². The standard InChI is InChI=1S/C56H110N4O3S2/c1-4-7-10-13-16-19-22-25-28-29-32-35-38-41-44-47-54(61)60-53(56(63)59-49-46-43-40-37-34-31-27-24-21-18-15-12-9-6-3)51-65-64-50-52(57)55(62)58-48-45-42-39-36-33-30-26-23-20-17-14-11-8-5-2/h25,28,52-53H,4-24,26-27,29-51,57H2,1-3H3,(H,58,62)(H,59,63)(H,60,61)/b28-25+. The van der Waals surface area contributed by atoms with Gasteiger partial charge in [0.15, 0.2) is 0 Å². The van der Waals surface area contributed by atoms with Gasteiger partial charge in [0.05, 0.1) is 6.04 Å². The van der Waals surface area contributed by atoms with E-state index in [0.29, 0.717) is 31.0 Å². The van der Waals surface area contributed by atoms with Crippen LogP contribution in [0.2, 0.25) is 0 Å². The molecule has 5 N–H and O–H groups in total. The molecule has 0 radical (unpaired) electrons. The van der Waals surface area contributed by atoms with Gasteiger partial charge in [-0.1, -0.05) is 273 Å². The fourth-order valence-electron chi connectivity index (χ4n) is 8.44. The summed E-state index contributed by atoms with van der Waals surface area (Å²) < 4.78 is 0. The number of carbonyl (C=O) groups is 3. The Morgan fingerprint density at radius 1 is 0.400 bits per heavy atom. The Bertz CT molecular complexity index is 1050. The number of nitrogens with one attached hydrogen (secondary N) is 3. The van der Waals surface area contributed by atoms with Gasteiger partial charge in [-0.15, -0.1) is 0 Å². The molecule has 0 aromatic rings. The lowest BCUT2D eigenvalue weighted by molar-refractivity contribution is -0.128. The van der Waals surface area contributed by atoms with Crippen molar-refractivity contribution in [2.24, 2.45) is 5.73 Å². The van der Waals surface area contributed by atoms with E-state index in [2.05, 4.69) is 48.9 Å².